The molecule has 0 radical (unpaired) electrons. The minimum absolute atomic E-state index is 0.677. The number of benzene rings is 1. The summed E-state index contributed by atoms with van der Waals surface area (Å²) in [5, 5.41) is 0. The second-order valence-electron chi connectivity index (χ2n) is 3.14. The summed E-state index contributed by atoms with van der Waals surface area (Å²) in [6.45, 7) is 0. The average molecular weight is 198 g/mol. The number of carbonyl (C=O) groups excluding carboxylic acids is 1. The van der Waals surface area contributed by atoms with Gasteiger partial charge >= 0.3 is 0 Å². The van der Waals surface area contributed by atoms with E-state index in [0.717, 1.165) is 17.6 Å². The van der Waals surface area contributed by atoms with Crippen LogP contribution in [0.15, 0.2) is 47.1 Å². The zero-order valence-electron chi connectivity index (χ0n) is 8.09. The predicted molar refractivity (Wildman–Crippen MR) is 59.5 cm³/mol. The second kappa shape index (κ2) is 4.42. The molecule has 2 heteroatoms. The zero-order chi connectivity index (χ0) is 10.5. The third kappa shape index (κ3) is 2.44. The largest absolute Gasteiger partial charge is 0.465 e. The summed E-state index contributed by atoms with van der Waals surface area (Å²) in [6.07, 6.45) is 6.24. The number of hydrogen-bond donors (Lipinski definition) is 0. The number of aldehydes is 1. The first-order valence-corrected chi connectivity index (χ1v) is 4.65. The summed E-state index contributed by atoms with van der Waals surface area (Å²) in [6, 6.07) is 11.1. The molecule has 2 aromatic rings. The van der Waals surface area contributed by atoms with Gasteiger partial charge in [-0.3, -0.25) is 4.79 Å². The minimum Gasteiger partial charge on any atom is -0.465 e. The van der Waals surface area contributed by atoms with Crippen LogP contribution in [0.1, 0.15) is 21.7 Å². The van der Waals surface area contributed by atoms with Crippen molar-refractivity contribution in [3.05, 3.63) is 59.5 Å². The molecule has 74 valence electrons. The highest BCUT2D eigenvalue weighted by Gasteiger charge is 1.92. The smallest absolute Gasteiger partial charge is 0.150 e. The topological polar surface area (TPSA) is 30.2 Å². The van der Waals surface area contributed by atoms with Crippen LogP contribution in [0.25, 0.3) is 12.2 Å². The summed E-state index contributed by atoms with van der Waals surface area (Å²) in [4.78, 5) is 10.5. The van der Waals surface area contributed by atoms with Gasteiger partial charge in [0.25, 0.3) is 0 Å². The molecule has 0 N–H and O–H groups in total. The van der Waals surface area contributed by atoms with E-state index >= 15 is 0 Å². The third-order valence-electron chi connectivity index (χ3n) is 2.03. The van der Waals surface area contributed by atoms with E-state index in [-0.39, 0.29) is 0 Å². The van der Waals surface area contributed by atoms with E-state index in [1.54, 1.807) is 12.3 Å². The van der Waals surface area contributed by atoms with Crippen molar-refractivity contribution < 1.29 is 9.21 Å². The summed E-state index contributed by atoms with van der Waals surface area (Å²) in [5.41, 5.74) is 1.66. The van der Waals surface area contributed by atoms with Crippen molar-refractivity contribution in [2.45, 2.75) is 0 Å². The molecule has 0 saturated carbocycles. The number of hydrogen-bond acceptors (Lipinski definition) is 2. The Labute approximate surface area is 87.8 Å². The van der Waals surface area contributed by atoms with Crippen molar-refractivity contribution in [2.75, 3.05) is 0 Å². The van der Waals surface area contributed by atoms with Crippen molar-refractivity contribution in [2.24, 2.45) is 0 Å². The van der Waals surface area contributed by atoms with Crippen LogP contribution in [-0.4, -0.2) is 6.29 Å². The van der Waals surface area contributed by atoms with E-state index < -0.39 is 0 Å². The van der Waals surface area contributed by atoms with Crippen LogP contribution in [-0.2, 0) is 0 Å². The third-order valence-corrected chi connectivity index (χ3v) is 2.03. The van der Waals surface area contributed by atoms with Crippen LogP contribution >= 0.6 is 0 Å². The standard InChI is InChI=1S/C13H10O2/c14-10-12-4-1-3-11(9-12)6-7-13-5-2-8-15-13/h1-10H. The van der Waals surface area contributed by atoms with Crippen molar-refractivity contribution in [1.29, 1.82) is 0 Å². The van der Waals surface area contributed by atoms with Gasteiger partial charge in [-0.25, -0.2) is 0 Å². The zero-order valence-corrected chi connectivity index (χ0v) is 8.09. The van der Waals surface area contributed by atoms with Gasteiger partial charge in [-0.05, 0) is 29.8 Å². The number of furan rings is 1. The van der Waals surface area contributed by atoms with Crippen molar-refractivity contribution in [3.63, 3.8) is 0 Å². The van der Waals surface area contributed by atoms with Crippen LogP contribution in [0.5, 0.6) is 0 Å². The quantitative estimate of drug-likeness (QED) is 0.708. The van der Waals surface area contributed by atoms with Crippen LogP contribution in [0.4, 0.5) is 0 Å². The van der Waals surface area contributed by atoms with Gasteiger partial charge in [0.05, 0.1) is 6.26 Å². The van der Waals surface area contributed by atoms with Gasteiger partial charge in [-0.2, -0.15) is 0 Å². The molecule has 0 amide bonds. The van der Waals surface area contributed by atoms with Crippen LogP contribution in [0.2, 0.25) is 0 Å². The Balaban J connectivity index is 2.20. The Morgan fingerprint density at radius 2 is 1.87 bits per heavy atom. The van der Waals surface area contributed by atoms with Crippen molar-refractivity contribution in [1.82, 2.24) is 0 Å². The number of carbonyl (C=O) groups is 1. The molecule has 0 fully saturated rings. The maximum atomic E-state index is 10.5. The molecule has 15 heavy (non-hydrogen) atoms. The van der Waals surface area contributed by atoms with E-state index in [0.29, 0.717) is 5.56 Å². The van der Waals surface area contributed by atoms with Crippen LogP contribution in [0, 0.1) is 0 Å². The lowest BCUT2D eigenvalue weighted by atomic mass is 10.1. The fourth-order valence-corrected chi connectivity index (χ4v) is 1.30. The van der Waals surface area contributed by atoms with Gasteiger partial charge in [-0.15, -0.1) is 0 Å². The molecule has 0 aliphatic heterocycles. The van der Waals surface area contributed by atoms with Crippen LogP contribution < -0.4 is 0 Å². The lowest BCUT2D eigenvalue weighted by Gasteiger charge is -1.93. The summed E-state index contributed by atoms with van der Waals surface area (Å²) < 4.78 is 5.16. The van der Waals surface area contributed by atoms with Gasteiger partial charge in [0.15, 0.2) is 0 Å². The monoisotopic (exact) mass is 198 g/mol. The number of rotatable bonds is 3. The fourth-order valence-electron chi connectivity index (χ4n) is 1.30. The Hall–Kier alpha value is -2.09. The molecular formula is C13H10O2. The molecule has 0 atom stereocenters. The minimum atomic E-state index is 0.677. The molecule has 1 heterocycles. The van der Waals surface area contributed by atoms with Crippen LogP contribution in [0.3, 0.4) is 0 Å². The maximum Gasteiger partial charge on any atom is 0.150 e. The van der Waals surface area contributed by atoms with Gasteiger partial charge in [0.1, 0.15) is 12.0 Å². The molecule has 0 spiro atoms. The highest BCUT2D eigenvalue weighted by molar-refractivity contribution is 5.77. The molecule has 1 aromatic carbocycles. The van der Waals surface area contributed by atoms with E-state index in [4.69, 9.17) is 4.42 Å². The normalized spacial score (nSPS) is 10.7. The predicted octanol–water partition coefficient (Wildman–Crippen LogP) is 3.26. The summed E-state index contributed by atoms with van der Waals surface area (Å²) >= 11 is 0. The first-order chi connectivity index (χ1) is 7.38. The Morgan fingerprint density at radius 1 is 1.00 bits per heavy atom. The highest BCUT2D eigenvalue weighted by Crippen LogP contribution is 2.09. The SMILES string of the molecule is O=Cc1cccc(C=Cc2ccco2)c1. The molecule has 0 saturated heterocycles. The molecule has 0 unspecified atom stereocenters. The first-order valence-electron chi connectivity index (χ1n) is 4.65. The lowest BCUT2D eigenvalue weighted by molar-refractivity contribution is 0.112. The molecular weight excluding hydrogens is 188 g/mol. The highest BCUT2D eigenvalue weighted by atomic mass is 16.3. The maximum absolute atomic E-state index is 10.5. The fraction of sp³-hybridized carbons (Fsp3) is 0. The molecule has 2 rings (SSSR count). The van der Waals surface area contributed by atoms with E-state index in [1.165, 1.54) is 0 Å². The van der Waals surface area contributed by atoms with Gasteiger partial charge in [0, 0.05) is 5.56 Å². The van der Waals surface area contributed by atoms with Gasteiger partial charge in [0.2, 0.25) is 0 Å². The Kier molecular flexibility index (Phi) is 2.79. The van der Waals surface area contributed by atoms with Crippen molar-refractivity contribution >= 4 is 18.4 Å². The lowest BCUT2D eigenvalue weighted by Crippen LogP contribution is -1.79. The average Bonchev–Trinajstić information content (AvgIpc) is 2.79. The van der Waals surface area contributed by atoms with Crippen molar-refractivity contribution in [3.8, 4) is 0 Å². The van der Waals surface area contributed by atoms with E-state index in [1.807, 2.05) is 42.5 Å². The second-order valence-corrected chi connectivity index (χ2v) is 3.14. The summed E-state index contributed by atoms with van der Waals surface area (Å²) in [5.74, 6) is 0.798. The van der Waals surface area contributed by atoms with Gasteiger partial charge < -0.3 is 4.42 Å². The molecule has 0 bridgehead atoms. The van der Waals surface area contributed by atoms with E-state index in [9.17, 15) is 4.79 Å². The Bertz CT molecular complexity index is 467. The molecule has 1 aromatic heterocycles. The molecule has 0 aliphatic carbocycles. The van der Waals surface area contributed by atoms with Gasteiger partial charge in [-0.1, -0.05) is 24.3 Å². The molecule has 0 aliphatic rings. The molecule has 2 nitrogen and oxygen atoms in total. The first kappa shape index (κ1) is 9.46. The Morgan fingerprint density at radius 3 is 2.60 bits per heavy atom. The summed E-state index contributed by atoms with van der Waals surface area (Å²) in [7, 11) is 0. The van der Waals surface area contributed by atoms with E-state index in [2.05, 4.69) is 0 Å².